The van der Waals surface area contributed by atoms with E-state index < -0.39 is 0 Å². The van der Waals surface area contributed by atoms with Gasteiger partial charge < -0.3 is 10.1 Å². The van der Waals surface area contributed by atoms with E-state index in [-0.39, 0.29) is 17.8 Å². The maximum Gasteiger partial charge on any atom is 0.341 e. The number of halogens is 1. The number of anilines is 1. The number of thiophene rings is 1. The Hall–Kier alpha value is -1.89. The van der Waals surface area contributed by atoms with Gasteiger partial charge in [-0.1, -0.05) is 29.8 Å². The van der Waals surface area contributed by atoms with Crippen molar-refractivity contribution in [3.05, 3.63) is 50.9 Å². The van der Waals surface area contributed by atoms with E-state index in [9.17, 15) is 9.59 Å². The summed E-state index contributed by atoms with van der Waals surface area (Å²) in [4.78, 5) is 28.9. The summed E-state index contributed by atoms with van der Waals surface area (Å²) < 4.78 is 5.01. The molecule has 1 aromatic carbocycles. The zero-order chi connectivity index (χ0) is 21.1. The first-order chi connectivity index (χ1) is 14.6. The predicted octanol–water partition coefficient (Wildman–Crippen LogP) is 4.92. The lowest BCUT2D eigenvalue weighted by Gasteiger charge is -2.31. The number of rotatable bonds is 5. The molecular weight excluding hydrogens is 420 g/mol. The van der Waals surface area contributed by atoms with Crippen LogP contribution in [0.5, 0.6) is 0 Å². The molecule has 1 amide bonds. The summed E-state index contributed by atoms with van der Waals surface area (Å²) in [6.07, 6.45) is 5.66. The molecule has 0 unspecified atom stereocenters. The van der Waals surface area contributed by atoms with E-state index in [2.05, 4.69) is 10.2 Å². The van der Waals surface area contributed by atoms with Gasteiger partial charge in [0, 0.05) is 22.4 Å². The molecule has 160 valence electrons. The van der Waals surface area contributed by atoms with Crippen molar-refractivity contribution in [1.82, 2.24) is 4.90 Å². The fraction of sp³-hybridized carbons (Fsp3) is 0.478. The molecule has 0 spiro atoms. The van der Waals surface area contributed by atoms with Gasteiger partial charge in [-0.15, -0.1) is 11.3 Å². The van der Waals surface area contributed by atoms with Gasteiger partial charge in [0.2, 0.25) is 5.91 Å². The second kappa shape index (κ2) is 9.50. The van der Waals surface area contributed by atoms with Crippen LogP contribution in [0.2, 0.25) is 5.02 Å². The van der Waals surface area contributed by atoms with Crippen molar-refractivity contribution in [3.63, 3.8) is 0 Å². The van der Waals surface area contributed by atoms with Crippen molar-refractivity contribution in [1.29, 1.82) is 0 Å². The second-order valence-electron chi connectivity index (χ2n) is 8.04. The Morgan fingerprint density at radius 1 is 1.20 bits per heavy atom. The molecule has 0 bridgehead atoms. The summed E-state index contributed by atoms with van der Waals surface area (Å²) >= 11 is 7.82. The molecule has 30 heavy (non-hydrogen) atoms. The van der Waals surface area contributed by atoms with Gasteiger partial charge in [0.15, 0.2) is 0 Å². The SMILES string of the molecule is COC(=O)c1c(NC(=O)C2CCN(Cc3ccccc3Cl)CC2)sc2c1CCCC2. The zero-order valence-corrected chi connectivity index (χ0v) is 18.8. The van der Waals surface area contributed by atoms with E-state index in [0.717, 1.165) is 74.3 Å². The summed E-state index contributed by atoms with van der Waals surface area (Å²) in [5.74, 6) is -0.382. The highest BCUT2D eigenvalue weighted by atomic mass is 35.5. The van der Waals surface area contributed by atoms with E-state index in [4.69, 9.17) is 16.3 Å². The largest absolute Gasteiger partial charge is 0.465 e. The van der Waals surface area contributed by atoms with Crippen LogP contribution >= 0.6 is 22.9 Å². The third-order valence-electron chi connectivity index (χ3n) is 6.11. The van der Waals surface area contributed by atoms with Crippen LogP contribution in [-0.4, -0.2) is 37.0 Å². The van der Waals surface area contributed by atoms with Gasteiger partial charge in [0.05, 0.1) is 12.7 Å². The molecule has 1 aliphatic heterocycles. The summed E-state index contributed by atoms with van der Waals surface area (Å²) in [5, 5.41) is 4.52. The number of benzene rings is 1. The maximum atomic E-state index is 13.0. The second-order valence-corrected chi connectivity index (χ2v) is 9.55. The van der Waals surface area contributed by atoms with Crippen LogP contribution in [0.1, 0.15) is 52.0 Å². The topological polar surface area (TPSA) is 58.6 Å². The third-order valence-corrected chi connectivity index (χ3v) is 7.68. The molecule has 0 saturated carbocycles. The number of amides is 1. The van der Waals surface area contributed by atoms with Crippen LogP contribution < -0.4 is 5.32 Å². The number of ether oxygens (including phenoxy) is 1. The van der Waals surface area contributed by atoms with Gasteiger partial charge in [-0.2, -0.15) is 0 Å². The van der Waals surface area contributed by atoms with Crippen molar-refractivity contribution >= 4 is 39.8 Å². The van der Waals surface area contributed by atoms with Crippen LogP contribution in [0.3, 0.4) is 0 Å². The number of piperidine rings is 1. The Bertz CT molecular complexity index is 935. The van der Waals surface area contributed by atoms with Crippen molar-refractivity contribution in [3.8, 4) is 0 Å². The Balaban J connectivity index is 1.39. The molecular formula is C23H27ClN2O3S. The van der Waals surface area contributed by atoms with Gasteiger partial charge in [0.1, 0.15) is 5.00 Å². The number of likely N-dealkylation sites (tertiary alicyclic amines) is 1. The quantitative estimate of drug-likeness (QED) is 0.662. The Kier molecular flexibility index (Phi) is 6.76. The van der Waals surface area contributed by atoms with Crippen LogP contribution in [0.25, 0.3) is 0 Å². The highest BCUT2D eigenvalue weighted by Gasteiger charge is 2.30. The van der Waals surface area contributed by atoms with E-state index in [1.807, 2.05) is 24.3 Å². The maximum absolute atomic E-state index is 13.0. The fourth-order valence-electron chi connectivity index (χ4n) is 4.41. The molecule has 1 aliphatic carbocycles. The zero-order valence-electron chi connectivity index (χ0n) is 17.2. The number of carbonyl (C=O) groups excluding carboxylic acids is 2. The van der Waals surface area contributed by atoms with Crippen LogP contribution in [0.15, 0.2) is 24.3 Å². The molecule has 2 aliphatic rings. The first kappa shape index (κ1) is 21.3. The van der Waals surface area contributed by atoms with Crippen LogP contribution in [0, 0.1) is 5.92 Å². The fourth-order valence-corrected chi connectivity index (χ4v) is 5.88. The standard InChI is InChI=1S/C23H27ClN2O3S/c1-29-23(28)20-17-7-3-5-9-19(17)30-22(20)25-21(27)15-10-12-26(13-11-15)14-16-6-2-4-8-18(16)24/h2,4,6,8,15H,3,5,7,9-14H2,1H3,(H,25,27). The number of fused-ring (bicyclic) bond motifs is 1. The average molecular weight is 447 g/mol. The Morgan fingerprint density at radius 2 is 1.93 bits per heavy atom. The van der Waals surface area contributed by atoms with E-state index in [0.29, 0.717) is 10.6 Å². The Labute approximate surface area is 186 Å². The number of hydrogen-bond donors (Lipinski definition) is 1. The van der Waals surface area contributed by atoms with E-state index in [1.165, 1.54) is 12.0 Å². The van der Waals surface area contributed by atoms with Gasteiger partial charge in [0.25, 0.3) is 0 Å². The van der Waals surface area contributed by atoms with Gasteiger partial charge >= 0.3 is 5.97 Å². The smallest absolute Gasteiger partial charge is 0.341 e. The normalized spacial score (nSPS) is 17.4. The molecule has 1 saturated heterocycles. The number of methoxy groups -OCH3 is 1. The minimum absolute atomic E-state index is 0.0103. The van der Waals surface area contributed by atoms with Crippen molar-refractivity contribution in [2.75, 3.05) is 25.5 Å². The Morgan fingerprint density at radius 3 is 2.67 bits per heavy atom. The average Bonchev–Trinajstić information content (AvgIpc) is 3.13. The molecule has 2 aromatic rings. The number of nitrogens with one attached hydrogen (secondary N) is 1. The monoisotopic (exact) mass is 446 g/mol. The molecule has 1 aromatic heterocycles. The van der Waals surface area contributed by atoms with Crippen LogP contribution in [-0.2, 0) is 28.9 Å². The van der Waals surface area contributed by atoms with Gasteiger partial charge in [-0.25, -0.2) is 4.79 Å². The van der Waals surface area contributed by atoms with E-state index >= 15 is 0 Å². The summed E-state index contributed by atoms with van der Waals surface area (Å²) in [7, 11) is 1.40. The lowest BCUT2D eigenvalue weighted by atomic mass is 9.94. The molecule has 0 radical (unpaired) electrons. The van der Waals surface area contributed by atoms with Crippen molar-refractivity contribution in [2.24, 2.45) is 5.92 Å². The molecule has 1 fully saturated rings. The van der Waals surface area contributed by atoms with Crippen molar-refractivity contribution < 1.29 is 14.3 Å². The minimum Gasteiger partial charge on any atom is -0.465 e. The molecule has 1 N–H and O–H groups in total. The highest BCUT2D eigenvalue weighted by molar-refractivity contribution is 7.17. The number of esters is 1. The first-order valence-corrected chi connectivity index (χ1v) is 11.8. The lowest BCUT2D eigenvalue weighted by molar-refractivity contribution is -0.121. The molecule has 4 rings (SSSR count). The number of aryl methyl sites for hydroxylation is 1. The van der Waals surface area contributed by atoms with Gasteiger partial charge in [-0.3, -0.25) is 9.69 Å². The first-order valence-electron chi connectivity index (χ1n) is 10.6. The third kappa shape index (κ3) is 4.56. The summed E-state index contributed by atoms with van der Waals surface area (Å²) in [6.45, 7) is 2.51. The minimum atomic E-state index is -0.348. The van der Waals surface area contributed by atoms with Crippen LogP contribution in [0.4, 0.5) is 5.00 Å². The molecule has 5 nitrogen and oxygen atoms in total. The summed E-state index contributed by atoms with van der Waals surface area (Å²) in [5.41, 5.74) is 2.76. The number of carbonyl (C=O) groups is 2. The predicted molar refractivity (Wildman–Crippen MR) is 120 cm³/mol. The lowest BCUT2D eigenvalue weighted by Crippen LogP contribution is -2.37. The number of hydrogen-bond acceptors (Lipinski definition) is 5. The molecule has 7 heteroatoms. The molecule has 0 atom stereocenters. The van der Waals surface area contributed by atoms with Gasteiger partial charge in [-0.05, 0) is 68.8 Å². The van der Waals surface area contributed by atoms with Crippen molar-refractivity contribution in [2.45, 2.75) is 45.1 Å². The summed E-state index contributed by atoms with van der Waals surface area (Å²) in [6, 6.07) is 7.90. The van der Waals surface area contributed by atoms with E-state index in [1.54, 1.807) is 11.3 Å². The molecule has 2 heterocycles. The highest BCUT2D eigenvalue weighted by Crippen LogP contribution is 2.39. The number of nitrogens with zero attached hydrogens (tertiary/aromatic N) is 1.